The van der Waals surface area contributed by atoms with Crippen LogP contribution in [0, 0.1) is 0 Å². The summed E-state index contributed by atoms with van der Waals surface area (Å²) in [5.74, 6) is 0.603. The zero-order valence-corrected chi connectivity index (χ0v) is 16.6. The number of sulfone groups is 1. The van der Waals surface area contributed by atoms with E-state index < -0.39 is 16.4 Å². The molecule has 8 nitrogen and oxygen atoms in total. The van der Waals surface area contributed by atoms with Crippen LogP contribution in [0.15, 0.2) is 58.6 Å². The van der Waals surface area contributed by atoms with Crippen LogP contribution < -0.4 is 0 Å². The van der Waals surface area contributed by atoms with E-state index in [1.807, 2.05) is 0 Å². The second kappa shape index (κ2) is 7.52. The van der Waals surface area contributed by atoms with Crippen molar-refractivity contribution in [3.63, 3.8) is 0 Å². The smallest absolute Gasteiger partial charge is 0.261 e. The third kappa shape index (κ3) is 3.85. The molecule has 0 aliphatic carbocycles. The molecule has 12 heteroatoms. The average Bonchev–Trinajstić information content (AvgIpc) is 3.29. The number of hydrogen-bond donors (Lipinski definition) is 0. The van der Waals surface area contributed by atoms with Gasteiger partial charge in [0.25, 0.3) is 0 Å². The van der Waals surface area contributed by atoms with Crippen LogP contribution in [-0.2, 0) is 15.6 Å². The molecule has 0 N–H and O–H groups in total. The maximum absolute atomic E-state index is 13.5. The molecule has 0 aliphatic heterocycles. The van der Waals surface area contributed by atoms with Crippen LogP contribution in [0.1, 0.15) is 12.4 Å². The van der Waals surface area contributed by atoms with Crippen LogP contribution >= 0.6 is 11.8 Å². The zero-order chi connectivity index (χ0) is 20.6. The van der Waals surface area contributed by atoms with Crippen LogP contribution in [0.3, 0.4) is 0 Å². The Balaban J connectivity index is 1.61. The summed E-state index contributed by atoms with van der Waals surface area (Å²) >= 11 is 1.09. The molecule has 2 aromatic carbocycles. The van der Waals surface area contributed by atoms with E-state index in [1.165, 1.54) is 16.8 Å². The Morgan fingerprint density at radius 2 is 1.83 bits per heavy atom. The number of hydrogen-bond acceptors (Lipinski definition) is 7. The van der Waals surface area contributed by atoms with Crippen molar-refractivity contribution >= 4 is 32.6 Å². The van der Waals surface area contributed by atoms with E-state index in [-0.39, 0.29) is 15.8 Å². The number of imidazole rings is 1. The molecule has 2 aromatic heterocycles. The molecule has 0 bridgehead atoms. The number of rotatable bonds is 6. The van der Waals surface area contributed by atoms with Crippen LogP contribution in [0.4, 0.5) is 8.78 Å². The van der Waals surface area contributed by atoms with Gasteiger partial charge in [0.05, 0.1) is 27.4 Å². The van der Waals surface area contributed by atoms with Crippen molar-refractivity contribution in [1.82, 2.24) is 29.8 Å². The predicted molar refractivity (Wildman–Crippen MR) is 103 cm³/mol. The van der Waals surface area contributed by atoms with Gasteiger partial charge in [0.15, 0.2) is 20.8 Å². The topological polar surface area (TPSA) is 95.6 Å². The molecule has 0 amide bonds. The number of benzene rings is 2. The summed E-state index contributed by atoms with van der Waals surface area (Å²) in [6, 6.07) is 12.7. The van der Waals surface area contributed by atoms with Gasteiger partial charge in [-0.2, -0.15) is 13.5 Å². The van der Waals surface area contributed by atoms with Crippen molar-refractivity contribution in [2.75, 3.05) is 6.26 Å². The number of nitrogens with zero attached hydrogens (tertiary/aromatic N) is 6. The van der Waals surface area contributed by atoms with Gasteiger partial charge in [-0.15, -0.1) is 5.10 Å². The highest BCUT2D eigenvalue weighted by molar-refractivity contribution is 7.98. The highest BCUT2D eigenvalue weighted by Crippen LogP contribution is 2.30. The summed E-state index contributed by atoms with van der Waals surface area (Å²) in [6.45, 7) is -2.73. The molecule has 4 rings (SSSR count). The monoisotopic (exact) mass is 436 g/mol. The first-order chi connectivity index (χ1) is 13.8. The number of halogens is 2. The van der Waals surface area contributed by atoms with E-state index in [0.717, 1.165) is 22.6 Å². The van der Waals surface area contributed by atoms with E-state index >= 15 is 0 Å². The molecule has 0 radical (unpaired) electrons. The van der Waals surface area contributed by atoms with Crippen LogP contribution in [0.25, 0.3) is 16.7 Å². The van der Waals surface area contributed by atoms with Crippen molar-refractivity contribution in [2.24, 2.45) is 0 Å². The van der Waals surface area contributed by atoms with E-state index in [1.54, 1.807) is 36.4 Å². The lowest BCUT2D eigenvalue weighted by Gasteiger charge is -2.08. The van der Waals surface area contributed by atoms with Gasteiger partial charge in [-0.1, -0.05) is 23.9 Å². The van der Waals surface area contributed by atoms with E-state index in [4.69, 9.17) is 0 Å². The fourth-order valence-electron chi connectivity index (χ4n) is 2.77. The third-order valence-electron chi connectivity index (χ3n) is 4.13. The standard InChI is InChI=1S/C17H14F2N6O2S2/c1-29(26,27)12-8-6-11(7-9-12)25-15(21-22-23-25)10-28-17-20-13-4-2-3-5-14(13)24(17)16(18)19/h2-9,16H,10H2,1H3. The molecule has 2 heterocycles. The summed E-state index contributed by atoms with van der Waals surface area (Å²) in [7, 11) is -3.32. The fourth-order valence-corrected chi connectivity index (χ4v) is 4.32. The Labute approximate surface area is 168 Å². The predicted octanol–water partition coefficient (Wildman–Crippen LogP) is 3.10. The maximum Gasteiger partial charge on any atom is 0.321 e. The van der Waals surface area contributed by atoms with Crippen molar-refractivity contribution in [3.8, 4) is 5.69 Å². The summed E-state index contributed by atoms with van der Waals surface area (Å²) in [6.07, 6.45) is 1.12. The van der Waals surface area contributed by atoms with Crippen LogP contribution in [-0.4, -0.2) is 44.4 Å². The molecule has 0 unspecified atom stereocenters. The number of alkyl halides is 2. The number of para-hydroxylation sites is 2. The minimum Gasteiger partial charge on any atom is -0.261 e. The molecule has 0 spiro atoms. The van der Waals surface area contributed by atoms with E-state index in [2.05, 4.69) is 20.5 Å². The lowest BCUT2D eigenvalue weighted by Crippen LogP contribution is -2.05. The van der Waals surface area contributed by atoms with Crippen LogP contribution in [0.5, 0.6) is 0 Å². The van der Waals surface area contributed by atoms with Gasteiger partial charge < -0.3 is 0 Å². The minimum atomic E-state index is -3.32. The van der Waals surface area contributed by atoms with Gasteiger partial charge in [0, 0.05) is 6.26 Å². The van der Waals surface area contributed by atoms with Gasteiger partial charge >= 0.3 is 6.55 Å². The summed E-state index contributed by atoms with van der Waals surface area (Å²) in [5, 5.41) is 11.6. The third-order valence-corrected chi connectivity index (χ3v) is 6.21. The highest BCUT2D eigenvalue weighted by Gasteiger charge is 2.19. The van der Waals surface area contributed by atoms with E-state index in [0.29, 0.717) is 22.5 Å². The van der Waals surface area contributed by atoms with Crippen molar-refractivity contribution in [1.29, 1.82) is 0 Å². The molecule has 0 fully saturated rings. The largest absolute Gasteiger partial charge is 0.321 e. The number of fused-ring (bicyclic) bond motifs is 1. The first-order valence-electron chi connectivity index (χ1n) is 8.30. The minimum absolute atomic E-state index is 0.156. The lowest BCUT2D eigenvalue weighted by molar-refractivity contribution is 0.0656. The molecule has 29 heavy (non-hydrogen) atoms. The average molecular weight is 436 g/mol. The maximum atomic E-state index is 13.5. The first kappa shape index (κ1) is 19.5. The number of aromatic nitrogens is 6. The number of tetrazole rings is 1. The molecule has 0 saturated heterocycles. The fraction of sp³-hybridized carbons (Fsp3) is 0.176. The van der Waals surface area contributed by atoms with E-state index in [9.17, 15) is 17.2 Å². The Kier molecular flexibility index (Phi) is 5.04. The second-order valence-corrected chi connectivity index (χ2v) is 9.05. The lowest BCUT2D eigenvalue weighted by atomic mass is 10.3. The van der Waals surface area contributed by atoms with Crippen LogP contribution in [0.2, 0.25) is 0 Å². The molecule has 4 aromatic rings. The van der Waals surface area contributed by atoms with Gasteiger partial charge in [-0.3, -0.25) is 4.57 Å². The normalized spacial score (nSPS) is 12.1. The molecular weight excluding hydrogens is 422 g/mol. The van der Waals surface area contributed by atoms with Gasteiger partial charge in [-0.05, 0) is 46.8 Å². The summed E-state index contributed by atoms with van der Waals surface area (Å²) in [4.78, 5) is 4.45. The highest BCUT2D eigenvalue weighted by atomic mass is 32.2. The SMILES string of the molecule is CS(=O)(=O)c1ccc(-n2nnnc2CSc2nc3ccccc3n2C(F)F)cc1. The second-order valence-electron chi connectivity index (χ2n) is 6.09. The molecule has 150 valence electrons. The Bertz CT molecular complexity index is 1270. The molecule has 0 saturated carbocycles. The molecule has 0 aliphatic rings. The quantitative estimate of drug-likeness (QED) is 0.429. The van der Waals surface area contributed by atoms with Gasteiger partial charge in [-0.25, -0.2) is 13.4 Å². The van der Waals surface area contributed by atoms with Gasteiger partial charge in [0.2, 0.25) is 0 Å². The first-order valence-corrected chi connectivity index (χ1v) is 11.2. The number of thioether (sulfide) groups is 1. The van der Waals surface area contributed by atoms with Gasteiger partial charge in [0.1, 0.15) is 0 Å². The van der Waals surface area contributed by atoms with Crippen molar-refractivity contribution in [2.45, 2.75) is 22.4 Å². The Morgan fingerprint density at radius 3 is 2.52 bits per heavy atom. The molecular formula is C17H14F2N6O2S2. The van der Waals surface area contributed by atoms with Crippen molar-refractivity contribution < 1.29 is 17.2 Å². The Hall–Kier alpha value is -2.86. The zero-order valence-electron chi connectivity index (χ0n) is 15.0. The summed E-state index contributed by atoms with van der Waals surface area (Å²) in [5.41, 5.74) is 1.38. The Morgan fingerprint density at radius 1 is 1.10 bits per heavy atom. The molecule has 0 atom stereocenters. The van der Waals surface area contributed by atoms with Crippen molar-refractivity contribution in [3.05, 3.63) is 54.4 Å². The summed E-state index contributed by atoms with van der Waals surface area (Å²) < 4.78 is 52.6.